The van der Waals surface area contributed by atoms with E-state index < -0.39 is 12.1 Å². The fourth-order valence-electron chi connectivity index (χ4n) is 2.09. The van der Waals surface area contributed by atoms with Gasteiger partial charge >= 0.3 is 12.0 Å². The molecule has 20 heavy (non-hydrogen) atoms. The Bertz CT molecular complexity index is 477. The highest BCUT2D eigenvalue weighted by Crippen LogP contribution is 2.40. The van der Waals surface area contributed by atoms with Crippen molar-refractivity contribution in [1.29, 1.82) is 0 Å². The monoisotopic (exact) mass is 278 g/mol. The van der Waals surface area contributed by atoms with E-state index in [9.17, 15) is 9.59 Å². The molecule has 0 bridgehead atoms. The number of aliphatic carboxylic acids is 1. The molecule has 1 aromatic carbocycles. The Morgan fingerprint density at radius 3 is 2.65 bits per heavy atom. The maximum Gasteiger partial charge on any atom is 0.332 e. The van der Waals surface area contributed by atoms with Gasteiger partial charge in [-0.2, -0.15) is 0 Å². The largest absolute Gasteiger partial charge is 0.479 e. The predicted molar refractivity (Wildman–Crippen MR) is 72.4 cm³/mol. The molecule has 1 saturated carbocycles. The van der Waals surface area contributed by atoms with Crippen LogP contribution in [0.15, 0.2) is 30.3 Å². The van der Waals surface area contributed by atoms with Gasteiger partial charge in [-0.05, 0) is 12.0 Å². The van der Waals surface area contributed by atoms with Crippen LogP contribution in [0.5, 0.6) is 0 Å². The summed E-state index contributed by atoms with van der Waals surface area (Å²) in [4.78, 5) is 22.0. The van der Waals surface area contributed by atoms with Crippen molar-refractivity contribution in [2.24, 2.45) is 0 Å². The number of rotatable bonds is 6. The zero-order chi connectivity index (χ0) is 14.5. The van der Waals surface area contributed by atoms with Gasteiger partial charge in [-0.3, -0.25) is 0 Å². The van der Waals surface area contributed by atoms with Crippen LogP contribution in [0.4, 0.5) is 4.79 Å². The lowest BCUT2D eigenvalue weighted by Gasteiger charge is -2.09. The van der Waals surface area contributed by atoms with Gasteiger partial charge in [-0.15, -0.1) is 0 Å². The maximum atomic E-state index is 11.6. The Kier molecular flexibility index (Phi) is 4.57. The van der Waals surface area contributed by atoms with Crippen molar-refractivity contribution in [2.75, 3.05) is 6.54 Å². The topological polar surface area (TPSA) is 98.7 Å². The zero-order valence-electron chi connectivity index (χ0n) is 11.0. The number of carbonyl (C=O) groups excluding carboxylic acids is 1. The van der Waals surface area contributed by atoms with Crippen molar-refractivity contribution in [1.82, 2.24) is 10.6 Å². The van der Waals surface area contributed by atoms with E-state index in [2.05, 4.69) is 10.6 Å². The van der Waals surface area contributed by atoms with Crippen LogP contribution < -0.4 is 10.6 Å². The highest BCUT2D eigenvalue weighted by molar-refractivity contribution is 5.75. The Morgan fingerprint density at radius 2 is 2.00 bits per heavy atom. The summed E-state index contributed by atoms with van der Waals surface area (Å²) < 4.78 is 0. The number of benzene rings is 1. The fourth-order valence-corrected chi connectivity index (χ4v) is 2.09. The molecule has 1 fully saturated rings. The molecular weight excluding hydrogens is 260 g/mol. The molecule has 4 N–H and O–H groups in total. The van der Waals surface area contributed by atoms with Crippen LogP contribution >= 0.6 is 0 Å². The zero-order valence-corrected chi connectivity index (χ0v) is 11.0. The molecule has 1 aliphatic carbocycles. The number of amides is 2. The summed E-state index contributed by atoms with van der Waals surface area (Å²) in [5.74, 6) is -0.926. The number of carboxylic acids is 1. The summed E-state index contributed by atoms with van der Waals surface area (Å²) in [6, 6.07) is 9.76. The molecule has 0 aliphatic heterocycles. The van der Waals surface area contributed by atoms with Gasteiger partial charge in [-0.25, -0.2) is 9.59 Å². The van der Waals surface area contributed by atoms with Crippen molar-refractivity contribution in [3.8, 4) is 0 Å². The molecule has 0 saturated heterocycles. The van der Waals surface area contributed by atoms with Gasteiger partial charge in [0.25, 0.3) is 0 Å². The molecule has 1 aromatic rings. The Labute approximate surface area is 116 Å². The molecule has 2 amide bonds. The Hall–Kier alpha value is -2.08. The first-order valence-electron chi connectivity index (χ1n) is 6.58. The van der Waals surface area contributed by atoms with E-state index >= 15 is 0 Å². The van der Waals surface area contributed by atoms with Crippen LogP contribution in [-0.4, -0.2) is 40.9 Å². The quantitative estimate of drug-likeness (QED) is 0.615. The van der Waals surface area contributed by atoms with E-state index in [1.807, 2.05) is 30.3 Å². The SMILES string of the molecule is O=C(NCCC(O)C(=O)O)NC1CC1c1ccccc1. The molecule has 0 aromatic heterocycles. The third kappa shape index (κ3) is 3.96. The molecule has 3 unspecified atom stereocenters. The number of aliphatic hydroxyl groups excluding tert-OH is 1. The van der Waals surface area contributed by atoms with Crippen molar-refractivity contribution in [3.05, 3.63) is 35.9 Å². The van der Waals surface area contributed by atoms with Gasteiger partial charge in [0, 0.05) is 24.9 Å². The molecule has 0 spiro atoms. The van der Waals surface area contributed by atoms with E-state index in [0.29, 0.717) is 5.92 Å². The molecular formula is C14H18N2O4. The van der Waals surface area contributed by atoms with Crippen molar-refractivity contribution < 1.29 is 19.8 Å². The number of aliphatic hydroxyl groups is 1. The first-order valence-corrected chi connectivity index (χ1v) is 6.58. The predicted octanol–water partition coefficient (Wildman–Crippen LogP) is 0.677. The molecule has 2 rings (SSSR count). The highest BCUT2D eigenvalue weighted by atomic mass is 16.4. The number of nitrogens with one attached hydrogen (secondary N) is 2. The molecule has 6 heteroatoms. The third-order valence-corrected chi connectivity index (χ3v) is 3.32. The van der Waals surface area contributed by atoms with Crippen molar-refractivity contribution in [3.63, 3.8) is 0 Å². The highest BCUT2D eigenvalue weighted by Gasteiger charge is 2.39. The number of hydrogen-bond acceptors (Lipinski definition) is 3. The average Bonchev–Trinajstić information content (AvgIpc) is 3.18. The van der Waals surface area contributed by atoms with E-state index in [4.69, 9.17) is 10.2 Å². The van der Waals surface area contributed by atoms with Gasteiger partial charge in [0.15, 0.2) is 6.10 Å². The second-order valence-electron chi connectivity index (χ2n) is 4.90. The molecule has 108 valence electrons. The van der Waals surface area contributed by atoms with E-state index in [1.165, 1.54) is 5.56 Å². The molecule has 0 radical (unpaired) electrons. The van der Waals surface area contributed by atoms with Gasteiger partial charge in [-0.1, -0.05) is 30.3 Å². The molecule has 0 heterocycles. The summed E-state index contributed by atoms with van der Waals surface area (Å²) in [5, 5.41) is 22.9. The molecule has 6 nitrogen and oxygen atoms in total. The first kappa shape index (κ1) is 14.3. The number of hydrogen-bond donors (Lipinski definition) is 4. The smallest absolute Gasteiger partial charge is 0.332 e. The lowest BCUT2D eigenvalue weighted by atomic mass is 10.1. The summed E-state index contributed by atoms with van der Waals surface area (Å²) in [6.07, 6.45) is -0.529. The van der Waals surface area contributed by atoms with Crippen LogP contribution in [0.25, 0.3) is 0 Å². The van der Waals surface area contributed by atoms with Crippen LogP contribution in [0.3, 0.4) is 0 Å². The standard InChI is InChI=1S/C14H18N2O4/c17-12(13(18)19)6-7-15-14(20)16-11-8-10(11)9-4-2-1-3-5-9/h1-5,10-12,17H,6-8H2,(H,18,19)(H2,15,16,20). The lowest BCUT2D eigenvalue weighted by molar-refractivity contribution is -0.146. The van der Waals surface area contributed by atoms with E-state index in [-0.39, 0.29) is 25.0 Å². The third-order valence-electron chi connectivity index (χ3n) is 3.32. The number of carbonyl (C=O) groups is 2. The number of carboxylic acid groups (broad SMARTS) is 1. The van der Waals surface area contributed by atoms with Crippen LogP contribution in [0, 0.1) is 0 Å². The second-order valence-corrected chi connectivity index (χ2v) is 4.90. The average molecular weight is 278 g/mol. The van der Waals surface area contributed by atoms with Gasteiger partial charge in [0.1, 0.15) is 0 Å². The van der Waals surface area contributed by atoms with Crippen molar-refractivity contribution in [2.45, 2.75) is 30.9 Å². The number of urea groups is 1. The van der Waals surface area contributed by atoms with E-state index in [0.717, 1.165) is 6.42 Å². The fraction of sp³-hybridized carbons (Fsp3) is 0.429. The van der Waals surface area contributed by atoms with E-state index in [1.54, 1.807) is 0 Å². The molecule has 3 atom stereocenters. The van der Waals surface area contributed by atoms with Gasteiger partial charge < -0.3 is 20.8 Å². The summed E-state index contributed by atoms with van der Waals surface area (Å²) in [6.45, 7) is 0.127. The Morgan fingerprint density at radius 1 is 1.30 bits per heavy atom. The molecule has 1 aliphatic rings. The summed E-state index contributed by atoms with van der Waals surface area (Å²) in [7, 11) is 0. The maximum absolute atomic E-state index is 11.6. The van der Waals surface area contributed by atoms with Gasteiger partial charge in [0.2, 0.25) is 0 Å². The summed E-state index contributed by atoms with van der Waals surface area (Å²) in [5.41, 5.74) is 1.21. The first-order chi connectivity index (χ1) is 9.58. The Balaban J connectivity index is 1.66. The summed E-state index contributed by atoms with van der Waals surface area (Å²) >= 11 is 0. The lowest BCUT2D eigenvalue weighted by Crippen LogP contribution is -2.39. The minimum Gasteiger partial charge on any atom is -0.479 e. The van der Waals surface area contributed by atoms with Crippen molar-refractivity contribution >= 4 is 12.0 Å². The minimum absolute atomic E-state index is 0.00443. The normalized spacial score (nSPS) is 21.9. The second kappa shape index (κ2) is 6.38. The van der Waals surface area contributed by atoms with Crippen LogP contribution in [-0.2, 0) is 4.79 Å². The van der Waals surface area contributed by atoms with Crippen LogP contribution in [0.1, 0.15) is 24.3 Å². The minimum atomic E-state index is -1.44. The van der Waals surface area contributed by atoms with Crippen LogP contribution in [0.2, 0.25) is 0 Å². The van der Waals surface area contributed by atoms with Gasteiger partial charge in [0.05, 0.1) is 0 Å².